The average molecular weight is 297 g/mol. The highest BCUT2D eigenvalue weighted by Crippen LogP contribution is 2.34. The Bertz CT molecular complexity index is 861. The van der Waals surface area contributed by atoms with Crippen LogP contribution < -0.4 is 20.2 Å². The number of fused-ring (bicyclic) bond motifs is 1. The molecule has 0 spiro atoms. The summed E-state index contributed by atoms with van der Waals surface area (Å²) >= 11 is 0. The Kier molecular flexibility index (Phi) is 3.35. The van der Waals surface area contributed by atoms with Gasteiger partial charge in [-0.25, -0.2) is 9.98 Å². The Hall–Kier alpha value is -2.43. The second-order valence-electron chi connectivity index (χ2n) is 5.55. The van der Waals surface area contributed by atoms with Crippen LogP contribution in [0.5, 0.6) is 11.5 Å². The van der Waals surface area contributed by atoms with Crippen LogP contribution in [-0.4, -0.2) is 19.2 Å². The molecule has 22 heavy (non-hydrogen) atoms. The summed E-state index contributed by atoms with van der Waals surface area (Å²) in [5, 5.41) is 1.67. The van der Waals surface area contributed by atoms with Gasteiger partial charge in [0, 0.05) is 23.4 Å². The Labute approximate surface area is 129 Å². The zero-order valence-corrected chi connectivity index (χ0v) is 13.5. The van der Waals surface area contributed by atoms with E-state index in [2.05, 4.69) is 4.98 Å². The molecule has 0 amide bonds. The lowest BCUT2D eigenvalue weighted by Gasteiger charge is -2.21. The van der Waals surface area contributed by atoms with E-state index in [4.69, 9.17) is 19.5 Å². The van der Waals surface area contributed by atoms with Gasteiger partial charge in [-0.2, -0.15) is 0 Å². The first-order valence-corrected chi connectivity index (χ1v) is 7.13. The van der Waals surface area contributed by atoms with Crippen LogP contribution in [0.1, 0.15) is 23.7 Å². The third-order valence-electron chi connectivity index (χ3n) is 3.95. The van der Waals surface area contributed by atoms with E-state index in [9.17, 15) is 0 Å². The molecule has 2 aromatic rings. The number of pyridine rings is 1. The topological polar surface area (TPSA) is 56.1 Å². The normalized spacial score (nSPS) is 19.1. The zero-order chi connectivity index (χ0) is 15.9. The van der Waals surface area contributed by atoms with Gasteiger partial charge in [0.25, 0.3) is 0 Å². The molecule has 0 saturated carbocycles. The Morgan fingerprint density at radius 2 is 1.73 bits per heavy atom. The van der Waals surface area contributed by atoms with E-state index >= 15 is 0 Å². The van der Waals surface area contributed by atoms with Gasteiger partial charge >= 0.3 is 0 Å². The van der Waals surface area contributed by atoms with E-state index < -0.39 is 5.66 Å². The molecule has 1 aromatic carbocycles. The highest BCUT2D eigenvalue weighted by molar-refractivity contribution is 5.43. The quantitative estimate of drug-likeness (QED) is 0.868. The Morgan fingerprint density at radius 3 is 2.41 bits per heavy atom. The summed E-state index contributed by atoms with van der Waals surface area (Å²) in [7, 11) is 3.31. The van der Waals surface area contributed by atoms with E-state index in [1.165, 1.54) is 0 Å². The summed E-state index contributed by atoms with van der Waals surface area (Å²) in [6.45, 7) is 5.94. The third kappa shape index (κ3) is 2.13. The average Bonchev–Trinajstić information content (AvgIpc) is 2.83. The minimum Gasteiger partial charge on any atom is -0.497 e. The van der Waals surface area contributed by atoms with Crippen LogP contribution in [-0.2, 0) is 5.66 Å². The molecule has 1 atom stereocenters. The highest BCUT2D eigenvalue weighted by atomic mass is 16.5. The zero-order valence-electron chi connectivity index (χ0n) is 13.5. The number of hydrogen-bond acceptors (Lipinski definition) is 5. The SMILES string of the molecule is COc1ccc2c(c1)=NC(C)(c1ncc(C)c(OC)c1C)N=2. The molecule has 1 aromatic heterocycles. The number of rotatable bonds is 3. The summed E-state index contributed by atoms with van der Waals surface area (Å²) in [6, 6.07) is 5.70. The van der Waals surface area contributed by atoms with Gasteiger partial charge in [-0.1, -0.05) is 0 Å². The smallest absolute Gasteiger partial charge is 0.191 e. The van der Waals surface area contributed by atoms with Crippen molar-refractivity contribution in [1.29, 1.82) is 0 Å². The van der Waals surface area contributed by atoms with Crippen molar-refractivity contribution >= 4 is 0 Å². The molecule has 5 heteroatoms. The van der Waals surface area contributed by atoms with Gasteiger partial charge in [0.1, 0.15) is 11.5 Å². The molecule has 2 heterocycles. The molecule has 1 aliphatic heterocycles. The number of aryl methyl sites for hydroxylation is 1. The number of aromatic nitrogens is 1. The van der Waals surface area contributed by atoms with Gasteiger partial charge in [0.2, 0.25) is 0 Å². The van der Waals surface area contributed by atoms with Gasteiger partial charge in [0.05, 0.1) is 30.6 Å². The van der Waals surface area contributed by atoms with Crippen molar-refractivity contribution in [2.75, 3.05) is 14.2 Å². The lowest BCUT2D eigenvalue weighted by atomic mass is 10.0. The minimum absolute atomic E-state index is 0.736. The van der Waals surface area contributed by atoms with Crippen LogP contribution >= 0.6 is 0 Å². The summed E-state index contributed by atoms with van der Waals surface area (Å²) in [6.07, 6.45) is 1.81. The number of methoxy groups -OCH3 is 2. The molecule has 0 N–H and O–H groups in total. The standard InChI is InChI=1S/C17H19N3O2/c1-10-9-18-16(11(2)15(10)22-5)17(3)19-13-7-6-12(21-4)8-14(13)20-17/h6-9H,1-5H3. The molecule has 5 nitrogen and oxygen atoms in total. The molecule has 1 unspecified atom stereocenters. The second-order valence-corrected chi connectivity index (χ2v) is 5.55. The van der Waals surface area contributed by atoms with Crippen LogP contribution in [0.25, 0.3) is 0 Å². The molecule has 114 valence electrons. The summed E-state index contributed by atoms with van der Waals surface area (Å²) in [5.74, 6) is 1.61. The predicted molar refractivity (Wildman–Crippen MR) is 82.9 cm³/mol. The monoisotopic (exact) mass is 297 g/mol. The van der Waals surface area contributed by atoms with Gasteiger partial charge < -0.3 is 9.47 Å². The van der Waals surface area contributed by atoms with Crippen molar-refractivity contribution in [3.8, 4) is 11.5 Å². The maximum atomic E-state index is 5.49. The molecule has 0 aliphatic carbocycles. The van der Waals surface area contributed by atoms with Crippen molar-refractivity contribution in [1.82, 2.24) is 4.98 Å². The number of benzene rings is 1. The van der Waals surface area contributed by atoms with Gasteiger partial charge in [-0.05, 0) is 32.9 Å². The van der Waals surface area contributed by atoms with Gasteiger partial charge in [0.15, 0.2) is 5.66 Å². The maximum Gasteiger partial charge on any atom is 0.191 e. The van der Waals surface area contributed by atoms with Crippen molar-refractivity contribution in [2.24, 2.45) is 9.98 Å². The highest BCUT2D eigenvalue weighted by Gasteiger charge is 2.32. The fourth-order valence-electron chi connectivity index (χ4n) is 2.93. The molecule has 0 radical (unpaired) electrons. The van der Waals surface area contributed by atoms with E-state index in [1.807, 2.05) is 39.0 Å². The van der Waals surface area contributed by atoms with Crippen LogP contribution in [0.4, 0.5) is 0 Å². The second kappa shape index (κ2) is 5.09. The number of hydrogen-bond donors (Lipinski definition) is 0. The van der Waals surface area contributed by atoms with E-state index in [1.54, 1.807) is 20.4 Å². The van der Waals surface area contributed by atoms with E-state index in [-0.39, 0.29) is 0 Å². The van der Waals surface area contributed by atoms with E-state index in [0.29, 0.717) is 0 Å². The molecular formula is C17H19N3O2. The van der Waals surface area contributed by atoms with Crippen molar-refractivity contribution in [3.63, 3.8) is 0 Å². The Morgan fingerprint density at radius 1 is 1.00 bits per heavy atom. The molecule has 0 fully saturated rings. The summed E-state index contributed by atoms with van der Waals surface area (Å²) in [4.78, 5) is 14.1. The molecular weight excluding hydrogens is 278 g/mol. The first-order valence-electron chi connectivity index (χ1n) is 7.13. The Balaban J connectivity index is 2.19. The summed E-state index contributed by atoms with van der Waals surface area (Å²) in [5.41, 5.74) is 2.05. The lowest BCUT2D eigenvalue weighted by Crippen LogP contribution is -2.20. The fraction of sp³-hybridized carbons (Fsp3) is 0.353. The number of nitrogens with zero attached hydrogens (tertiary/aromatic N) is 3. The van der Waals surface area contributed by atoms with Crippen molar-refractivity contribution in [3.05, 3.63) is 51.9 Å². The maximum absolute atomic E-state index is 5.49. The van der Waals surface area contributed by atoms with Crippen LogP contribution in [0, 0.1) is 13.8 Å². The van der Waals surface area contributed by atoms with E-state index in [0.717, 1.165) is 39.0 Å². The van der Waals surface area contributed by atoms with Crippen molar-refractivity contribution < 1.29 is 9.47 Å². The van der Waals surface area contributed by atoms with Gasteiger partial charge in [-0.3, -0.25) is 4.98 Å². The number of ether oxygens (including phenoxy) is 2. The lowest BCUT2D eigenvalue weighted by molar-refractivity contribution is 0.402. The molecule has 0 saturated heterocycles. The summed E-state index contributed by atoms with van der Waals surface area (Å²) < 4.78 is 10.7. The molecule has 3 rings (SSSR count). The third-order valence-corrected chi connectivity index (χ3v) is 3.95. The van der Waals surface area contributed by atoms with Crippen LogP contribution in [0.15, 0.2) is 34.4 Å². The predicted octanol–water partition coefficient (Wildman–Crippen LogP) is 1.84. The first kappa shape index (κ1) is 14.5. The fourth-order valence-corrected chi connectivity index (χ4v) is 2.93. The molecule has 0 bridgehead atoms. The van der Waals surface area contributed by atoms with Gasteiger partial charge in [-0.15, -0.1) is 0 Å². The largest absolute Gasteiger partial charge is 0.497 e. The first-order chi connectivity index (χ1) is 10.5. The minimum atomic E-state index is -0.736. The van der Waals surface area contributed by atoms with Crippen LogP contribution in [0.2, 0.25) is 0 Å². The van der Waals surface area contributed by atoms with Crippen molar-refractivity contribution in [2.45, 2.75) is 26.4 Å². The molecule has 1 aliphatic rings. The van der Waals surface area contributed by atoms with Crippen LogP contribution in [0.3, 0.4) is 0 Å².